The van der Waals surface area contributed by atoms with Gasteiger partial charge in [-0.25, -0.2) is 50.0 Å². The van der Waals surface area contributed by atoms with Crippen molar-refractivity contribution >= 4 is 11.9 Å². The molecule has 0 radical (unpaired) electrons. The summed E-state index contributed by atoms with van der Waals surface area (Å²) in [4.78, 5) is 59.2. The minimum absolute atomic E-state index is 0.0267. The highest BCUT2D eigenvalue weighted by molar-refractivity contribution is 5.66. The molecule has 0 spiro atoms. The number of carbonyl (C=O) groups is 2. The van der Waals surface area contributed by atoms with Gasteiger partial charge < -0.3 is 10.2 Å². The van der Waals surface area contributed by atoms with Crippen LogP contribution in [0.25, 0.3) is 0 Å². The van der Waals surface area contributed by atoms with Gasteiger partial charge in [-0.05, 0) is 6.92 Å². The second-order valence-electron chi connectivity index (χ2n) is 6.92. The molecule has 1 aliphatic carbocycles. The summed E-state index contributed by atoms with van der Waals surface area (Å²) in [5.74, 6) is -9.87. The van der Waals surface area contributed by atoms with E-state index in [2.05, 4.69) is 0 Å². The largest absolute Gasteiger partial charge is 0.481 e. The summed E-state index contributed by atoms with van der Waals surface area (Å²) in [6.45, 7) is -2.77. The topological polar surface area (TPSA) is 141 Å². The first-order valence-corrected chi connectivity index (χ1v) is 8.87. The fourth-order valence-corrected chi connectivity index (χ4v) is 2.95. The molecule has 1 aromatic heterocycles. The summed E-state index contributed by atoms with van der Waals surface area (Å²) >= 11 is 0. The number of carboxylic acids is 2. The highest BCUT2D eigenvalue weighted by Crippen LogP contribution is 2.43. The highest BCUT2D eigenvalue weighted by Gasteiger charge is 2.49. The molecule has 0 amide bonds. The minimum Gasteiger partial charge on any atom is -0.481 e. The molecule has 176 valence electrons. The second kappa shape index (κ2) is 8.92. The summed E-state index contributed by atoms with van der Waals surface area (Å²) in [6.07, 6.45) is -4.92. The summed E-state index contributed by atoms with van der Waals surface area (Å²) in [5.41, 5.74) is -9.55. The Morgan fingerprint density at radius 1 is 0.875 bits per heavy atom. The molecule has 10 nitrogen and oxygen atoms in total. The van der Waals surface area contributed by atoms with Crippen molar-refractivity contribution in [2.24, 2.45) is 0 Å². The van der Waals surface area contributed by atoms with Crippen LogP contribution in [-0.4, -0.2) is 47.7 Å². The van der Waals surface area contributed by atoms with E-state index in [1.165, 1.54) is 0 Å². The van der Waals surface area contributed by atoms with E-state index in [9.17, 15) is 45.9 Å². The number of halogens is 5. The van der Waals surface area contributed by atoms with Crippen molar-refractivity contribution in [1.29, 1.82) is 0 Å². The first-order chi connectivity index (χ1) is 14.7. The van der Waals surface area contributed by atoms with Crippen LogP contribution in [-0.2, 0) is 29.2 Å². The molecule has 0 fully saturated rings. The first kappa shape index (κ1) is 24.7. The molecular weight excluding hydrogens is 453 g/mol. The Morgan fingerprint density at radius 3 is 1.69 bits per heavy atom. The van der Waals surface area contributed by atoms with E-state index < -0.39 is 96.4 Å². The standard InChI is InChI=1S/C17H16F5N3O7/c1-17(22)7(10(18)11(19)12(20)13(17)21)6-25-15(31)23(4-2-8(26)27)14(30)24(16(25)32)5-3-9(28)29/h13H,2-6H2,1H3,(H,26,27)(H,28,29). The Balaban J connectivity index is 2.76. The van der Waals surface area contributed by atoms with Gasteiger partial charge in [0.25, 0.3) is 0 Å². The smallest absolute Gasteiger partial charge is 0.336 e. The van der Waals surface area contributed by atoms with E-state index in [4.69, 9.17) is 10.2 Å². The number of allylic oxidation sites excluding steroid dienone is 4. The van der Waals surface area contributed by atoms with E-state index in [-0.39, 0.29) is 13.7 Å². The van der Waals surface area contributed by atoms with Crippen molar-refractivity contribution in [2.75, 3.05) is 0 Å². The summed E-state index contributed by atoms with van der Waals surface area (Å²) in [7, 11) is 0. The first-order valence-electron chi connectivity index (χ1n) is 8.87. The van der Waals surface area contributed by atoms with E-state index in [1.807, 2.05) is 0 Å². The van der Waals surface area contributed by atoms with Crippen LogP contribution in [0.3, 0.4) is 0 Å². The zero-order valence-corrected chi connectivity index (χ0v) is 16.3. The molecule has 1 heterocycles. The zero-order chi connectivity index (χ0) is 24.5. The Morgan fingerprint density at radius 2 is 1.28 bits per heavy atom. The number of rotatable bonds is 8. The maximum absolute atomic E-state index is 14.8. The SMILES string of the molecule is CC1(F)C(Cn2c(=O)n(CCC(=O)O)c(=O)n(CCC(=O)O)c2=O)=C(F)C(F)=C(F)C1F. The van der Waals surface area contributed by atoms with Gasteiger partial charge in [0.1, 0.15) is 0 Å². The summed E-state index contributed by atoms with van der Waals surface area (Å²) in [5, 5.41) is 17.5. The number of nitrogens with zero attached hydrogens (tertiary/aromatic N) is 3. The van der Waals surface area contributed by atoms with Crippen LogP contribution in [0, 0.1) is 0 Å². The quantitative estimate of drug-likeness (QED) is 0.531. The molecule has 0 aromatic carbocycles. The lowest BCUT2D eigenvalue weighted by Gasteiger charge is -2.30. The molecule has 0 saturated heterocycles. The molecule has 2 rings (SSSR count). The fourth-order valence-electron chi connectivity index (χ4n) is 2.95. The van der Waals surface area contributed by atoms with Crippen molar-refractivity contribution in [3.05, 3.63) is 54.5 Å². The number of carboxylic acid groups (broad SMARTS) is 2. The molecule has 32 heavy (non-hydrogen) atoms. The van der Waals surface area contributed by atoms with Crippen LogP contribution in [0.1, 0.15) is 19.8 Å². The van der Waals surface area contributed by atoms with Crippen molar-refractivity contribution in [3.8, 4) is 0 Å². The van der Waals surface area contributed by atoms with Gasteiger partial charge in [0.05, 0.1) is 19.4 Å². The number of hydrogen-bond acceptors (Lipinski definition) is 5. The molecule has 2 N–H and O–H groups in total. The third kappa shape index (κ3) is 4.40. The van der Waals surface area contributed by atoms with Crippen LogP contribution in [0.2, 0.25) is 0 Å². The molecule has 15 heteroatoms. The van der Waals surface area contributed by atoms with E-state index in [1.54, 1.807) is 0 Å². The molecule has 1 aromatic rings. The monoisotopic (exact) mass is 469 g/mol. The van der Waals surface area contributed by atoms with Crippen LogP contribution in [0.5, 0.6) is 0 Å². The molecule has 2 atom stereocenters. The number of aliphatic carboxylic acids is 2. The van der Waals surface area contributed by atoms with Crippen LogP contribution in [0.15, 0.2) is 37.4 Å². The van der Waals surface area contributed by atoms with Crippen LogP contribution in [0.4, 0.5) is 22.0 Å². The van der Waals surface area contributed by atoms with Crippen molar-refractivity contribution in [3.63, 3.8) is 0 Å². The van der Waals surface area contributed by atoms with Crippen molar-refractivity contribution in [1.82, 2.24) is 13.7 Å². The van der Waals surface area contributed by atoms with Gasteiger partial charge in [0.2, 0.25) is 0 Å². The fraction of sp³-hybridized carbons (Fsp3) is 0.471. The molecule has 2 unspecified atom stereocenters. The van der Waals surface area contributed by atoms with Gasteiger partial charge in [-0.3, -0.25) is 9.59 Å². The Hall–Kier alpha value is -3.52. The average Bonchev–Trinajstić information content (AvgIpc) is 2.69. The van der Waals surface area contributed by atoms with Crippen LogP contribution < -0.4 is 17.1 Å². The predicted molar refractivity (Wildman–Crippen MR) is 95.5 cm³/mol. The molecule has 0 bridgehead atoms. The molecule has 0 aliphatic heterocycles. The van der Waals surface area contributed by atoms with Gasteiger partial charge in [-0.2, -0.15) is 0 Å². The number of aromatic nitrogens is 3. The molecule has 0 saturated carbocycles. The summed E-state index contributed by atoms with van der Waals surface area (Å²) < 4.78 is 70.5. The van der Waals surface area contributed by atoms with Gasteiger partial charge in [0, 0.05) is 18.7 Å². The van der Waals surface area contributed by atoms with Gasteiger partial charge in [-0.1, -0.05) is 0 Å². The van der Waals surface area contributed by atoms with Crippen LogP contribution >= 0.6 is 0 Å². The average molecular weight is 469 g/mol. The van der Waals surface area contributed by atoms with Gasteiger partial charge in [-0.15, -0.1) is 0 Å². The predicted octanol–water partition coefficient (Wildman–Crippen LogP) is 0.575. The maximum Gasteiger partial charge on any atom is 0.336 e. The number of hydrogen-bond donors (Lipinski definition) is 2. The second-order valence-corrected chi connectivity index (χ2v) is 6.92. The Labute approximate surface area is 174 Å². The lowest BCUT2D eigenvalue weighted by molar-refractivity contribution is -0.138. The lowest BCUT2D eigenvalue weighted by Crippen LogP contribution is -2.55. The maximum atomic E-state index is 14.8. The third-order valence-electron chi connectivity index (χ3n) is 4.76. The lowest BCUT2D eigenvalue weighted by atomic mass is 9.86. The highest BCUT2D eigenvalue weighted by atomic mass is 19.2. The normalized spacial score (nSPS) is 21.2. The zero-order valence-electron chi connectivity index (χ0n) is 16.3. The van der Waals surface area contributed by atoms with Gasteiger partial charge in [0.15, 0.2) is 29.3 Å². The van der Waals surface area contributed by atoms with E-state index in [0.717, 1.165) is 0 Å². The third-order valence-corrected chi connectivity index (χ3v) is 4.76. The Kier molecular flexibility index (Phi) is 6.90. The van der Waals surface area contributed by atoms with Crippen molar-refractivity contribution < 1.29 is 41.8 Å². The number of alkyl halides is 2. The molecule has 1 aliphatic rings. The van der Waals surface area contributed by atoms with Gasteiger partial charge >= 0.3 is 29.0 Å². The van der Waals surface area contributed by atoms with E-state index in [0.29, 0.717) is 6.92 Å². The minimum atomic E-state index is -3.54. The Bertz CT molecular complexity index is 1150. The molecular formula is C17H16F5N3O7. The van der Waals surface area contributed by atoms with E-state index >= 15 is 0 Å². The van der Waals surface area contributed by atoms with Crippen molar-refractivity contribution in [2.45, 2.75) is 51.2 Å². The summed E-state index contributed by atoms with van der Waals surface area (Å²) in [6, 6.07) is 0.